The second-order valence-corrected chi connectivity index (χ2v) is 7.66. The Labute approximate surface area is 166 Å². The van der Waals surface area contributed by atoms with Crippen LogP contribution in [0.2, 0.25) is 0 Å². The van der Waals surface area contributed by atoms with Gasteiger partial charge in [0.25, 0.3) is 0 Å². The quantitative estimate of drug-likeness (QED) is 0.376. The fourth-order valence-corrected chi connectivity index (χ4v) is 4.09. The number of benzene rings is 1. The van der Waals surface area contributed by atoms with Crippen LogP contribution in [0.15, 0.2) is 93.6 Å². The summed E-state index contributed by atoms with van der Waals surface area (Å²) in [4.78, 5) is 13.5. The molecular weight excluding hydrogens is 374 g/mol. The molecule has 6 heteroatoms. The number of thioether (sulfide) groups is 2. The normalized spacial score (nSPS) is 10.8. The molecule has 0 spiro atoms. The monoisotopic (exact) mass is 391 g/mol. The van der Waals surface area contributed by atoms with Crippen molar-refractivity contribution in [3.8, 4) is 11.5 Å². The number of aromatic nitrogens is 3. The molecule has 3 heterocycles. The highest BCUT2D eigenvalue weighted by atomic mass is 32.2. The molecule has 4 aromatic rings. The van der Waals surface area contributed by atoms with E-state index in [2.05, 4.69) is 9.97 Å². The zero-order valence-corrected chi connectivity index (χ0v) is 16.1. The molecule has 1 aromatic carbocycles. The molecule has 0 unspecified atom stereocenters. The van der Waals surface area contributed by atoms with Crippen LogP contribution in [0.5, 0.6) is 0 Å². The summed E-state index contributed by atoms with van der Waals surface area (Å²) in [6, 6.07) is 21.8. The largest absolute Gasteiger partial charge is 0.440 e. The Morgan fingerprint density at radius 1 is 0.704 bits per heavy atom. The van der Waals surface area contributed by atoms with Crippen LogP contribution in [0.1, 0.15) is 11.5 Å². The van der Waals surface area contributed by atoms with E-state index in [9.17, 15) is 0 Å². The van der Waals surface area contributed by atoms with Gasteiger partial charge in [-0.2, -0.15) is 0 Å². The molecule has 0 N–H and O–H groups in total. The van der Waals surface area contributed by atoms with E-state index in [1.54, 1.807) is 35.9 Å². The number of nitrogens with zero attached hydrogens (tertiary/aromatic N) is 3. The SMILES string of the molecule is c1ccc(-c2nc(CSc3ccccn3)c(CSc3ccccn3)o2)cc1. The minimum atomic E-state index is 0.656. The average molecular weight is 392 g/mol. The average Bonchev–Trinajstić information content (AvgIpc) is 3.16. The highest BCUT2D eigenvalue weighted by Crippen LogP contribution is 2.30. The molecule has 0 aliphatic rings. The van der Waals surface area contributed by atoms with Gasteiger partial charge in [-0.25, -0.2) is 15.0 Å². The molecule has 4 rings (SSSR count). The van der Waals surface area contributed by atoms with Gasteiger partial charge in [-0.1, -0.05) is 53.9 Å². The van der Waals surface area contributed by atoms with Crippen LogP contribution in [0.3, 0.4) is 0 Å². The lowest BCUT2D eigenvalue weighted by molar-refractivity contribution is 0.536. The third kappa shape index (κ3) is 4.78. The topological polar surface area (TPSA) is 51.8 Å². The van der Waals surface area contributed by atoms with Gasteiger partial charge < -0.3 is 4.42 Å². The Morgan fingerprint density at radius 2 is 1.33 bits per heavy atom. The molecule has 0 aliphatic heterocycles. The number of pyridine rings is 2. The third-order valence-electron chi connectivity index (χ3n) is 3.78. The molecule has 4 nitrogen and oxygen atoms in total. The number of hydrogen-bond donors (Lipinski definition) is 0. The van der Waals surface area contributed by atoms with E-state index in [0.29, 0.717) is 17.4 Å². The summed E-state index contributed by atoms with van der Waals surface area (Å²) < 4.78 is 6.12. The van der Waals surface area contributed by atoms with Gasteiger partial charge in [0.1, 0.15) is 5.76 Å². The molecule has 27 heavy (non-hydrogen) atoms. The van der Waals surface area contributed by atoms with Crippen molar-refractivity contribution in [2.24, 2.45) is 0 Å². The van der Waals surface area contributed by atoms with E-state index in [4.69, 9.17) is 9.40 Å². The van der Waals surface area contributed by atoms with Gasteiger partial charge in [-0.15, -0.1) is 0 Å². The summed E-state index contributed by atoms with van der Waals surface area (Å²) in [5.74, 6) is 2.94. The highest BCUT2D eigenvalue weighted by molar-refractivity contribution is 7.98. The lowest BCUT2D eigenvalue weighted by Gasteiger charge is -2.01. The molecule has 0 radical (unpaired) electrons. The Morgan fingerprint density at radius 3 is 1.96 bits per heavy atom. The fourth-order valence-electron chi connectivity index (χ4n) is 2.46. The first-order chi connectivity index (χ1) is 13.4. The molecule has 0 amide bonds. The van der Waals surface area contributed by atoms with Gasteiger partial charge in [-0.3, -0.25) is 0 Å². The second kappa shape index (κ2) is 8.88. The van der Waals surface area contributed by atoms with Gasteiger partial charge in [0.15, 0.2) is 0 Å². The minimum Gasteiger partial charge on any atom is -0.440 e. The zero-order chi connectivity index (χ0) is 18.3. The predicted molar refractivity (Wildman–Crippen MR) is 110 cm³/mol. The number of hydrogen-bond acceptors (Lipinski definition) is 6. The molecule has 0 atom stereocenters. The van der Waals surface area contributed by atoms with E-state index in [-0.39, 0.29) is 0 Å². The summed E-state index contributed by atoms with van der Waals surface area (Å²) in [6.45, 7) is 0. The summed E-state index contributed by atoms with van der Waals surface area (Å²) >= 11 is 3.31. The van der Waals surface area contributed by atoms with E-state index in [1.807, 2.05) is 66.7 Å². The highest BCUT2D eigenvalue weighted by Gasteiger charge is 2.15. The summed E-state index contributed by atoms with van der Waals surface area (Å²) in [6.07, 6.45) is 3.61. The van der Waals surface area contributed by atoms with Crippen molar-refractivity contribution in [3.05, 3.63) is 90.6 Å². The summed E-state index contributed by atoms with van der Waals surface area (Å²) in [5.41, 5.74) is 1.93. The van der Waals surface area contributed by atoms with Crippen LogP contribution in [-0.2, 0) is 11.5 Å². The molecule has 3 aromatic heterocycles. The number of oxazole rings is 1. The second-order valence-electron chi connectivity index (χ2n) is 5.67. The first-order valence-electron chi connectivity index (χ1n) is 8.50. The smallest absolute Gasteiger partial charge is 0.226 e. The van der Waals surface area contributed by atoms with Crippen molar-refractivity contribution in [1.82, 2.24) is 15.0 Å². The van der Waals surface area contributed by atoms with E-state index in [1.165, 1.54) is 0 Å². The first kappa shape index (κ1) is 17.8. The summed E-state index contributed by atoms with van der Waals surface area (Å²) in [7, 11) is 0. The van der Waals surface area contributed by atoms with E-state index < -0.39 is 0 Å². The van der Waals surface area contributed by atoms with E-state index in [0.717, 1.165) is 27.1 Å². The summed E-state index contributed by atoms with van der Waals surface area (Å²) in [5, 5.41) is 1.95. The van der Waals surface area contributed by atoms with Crippen molar-refractivity contribution < 1.29 is 4.42 Å². The lowest BCUT2D eigenvalue weighted by atomic mass is 10.2. The maximum atomic E-state index is 6.12. The van der Waals surface area contributed by atoms with Crippen LogP contribution in [0.25, 0.3) is 11.5 Å². The van der Waals surface area contributed by atoms with Crippen LogP contribution in [-0.4, -0.2) is 15.0 Å². The fraction of sp³-hybridized carbons (Fsp3) is 0.0952. The Hall–Kier alpha value is -2.57. The van der Waals surface area contributed by atoms with Crippen molar-refractivity contribution in [2.75, 3.05) is 0 Å². The van der Waals surface area contributed by atoms with Crippen LogP contribution >= 0.6 is 23.5 Å². The zero-order valence-electron chi connectivity index (χ0n) is 14.5. The van der Waals surface area contributed by atoms with Crippen molar-refractivity contribution in [3.63, 3.8) is 0 Å². The van der Waals surface area contributed by atoms with Crippen LogP contribution in [0.4, 0.5) is 0 Å². The Bertz CT molecular complexity index is 915. The van der Waals surface area contributed by atoms with Gasteiger partial charge >= 0.3 is 0 Å². The maximum Gasteiger partial charge on any atom is 0.226 e. The Balaban J connectivity index is 1.55. The minimum absolute atomic E-state index is 0.656. The maximum absolute atomic E-state index is 6.12. The van der Waals surface area contributed by atoms with Gasteiger partial charge in [0.2, 0.25) is 5.89 Å². The molecule has 134 valence electrons. The molecule has 0 saturated carbocycles. The molecule has 0 fully saturated rings. The van der Waals surface area contributed by atoms with Crippen molar-refractivity contribution in [1.29, 1.82) is 0 Å². The van der Waals surface area contributed by atoms with E-state index >= 15 is 0 Å². The van der Waals surface area contributed by atoms with Crippen molar-refractivity contribution >= 4 is 23.5 Å². The molecule has 0 aliphatic carbocycles. The van der Waals surface area contributed by atoms with Crippen LogP contribution < -0.4 is 0 Å². The van der Waals surface area contributed by atoms with Gasteiger partial charge in [0, 0.05) is 23.7 Å². The first-order valence-corrected chi connectivity index (χ1v) is 10.5. The number of rotatable bonds is 7. The predicted octanol–water partition coefficient (Wildman–Crippen LogP) is 5.72. The third-order valence-corrected chi connectivity index (χ3v) is 5.68. The Kier molecular flexibility index (Phi) is 5.86. The molecular formula is C21H17N3OS2. The van der Waals surface area contributed by atoms with Crippen LogP contribution in [0, 0.1) is 0 Å². The standard InChI is InChI=1S/C21H17N3OS2/c1-2-8-16(9-3-1)21-24-17(14-26-19-10-4-6-12-22-19)18(25-21)15-27-20-11-5-7-13-23-20/h1-13H,14-15H2. The molecule has 0 saturated heterocycles. The van der Waals surface area contributed by atoms with Gasteiger partial charge in [-0.05, 0) is 36.4 Å². The lowest BCUT2D eigenvalue weighted by Crippen LogP contribution is -1.89. The van der Waals surface area contributed by atoms with Crippen molar-refractivity contribution in [2.45, 2.75) is 21.6 Å². The van der Waals surface area contributed by atoms with Gasteiger partial charge in [0.05, 0.1) is 21.5 Å². The molecule has 0 bridgehead atoms.